The smallest absolute Gasteiger partial charge is 0.306 e. The zero-order valence-corrected chi connectivity index (χ0v) is 10.7. The summed E-state index contributed by atoms with van der Waals surface area (Å²) in [7, 11) is 0. The monoisotopic (exact) mass is 255 g/mol. The maximum atomic E-state index is 12.0. The maximum Gasteiger partial charge on any atom is 0.306 e. The van der Waals surface area contributed by atoms with Gasteiger partial charge in [-0.3, -0.25) is 9.59 Å². The number of carbonyl (C=O) groups is 2. The van der Waals surface area contributed by atoms with E-state index in [4.69, 9.17) is 9.84 Å². The van der Waals surface area contributed by atoms with E-state index in [0.29, 0.717) is 31.8 Å². The van der Waals surface area contributed by atoms with Crippen LogP contribution in [-0.2, 0) is 14.3 Å². The molecule has 1 amide bonds. The van der Waals surface area contributed by atoms with Crippen LogP contribution in [0.3, 0.4) is 0 Å². The van der Waals surface area contributed by atoms with Crippen LogP contribution in [-0.4, -0.2) is 36.2 Å². The van der Waals surface area contributed by atoms with Crippen LogP contribution in [0.5, 0.6) is 0 Å². The first-order chi connectivity index (χ1) is 8.58. The lowest BCUT2D eigenvalue weighted by Crippen LogP contribution is -2.41. The van der Waals surface area contributed by atoms with Crippen molar-refractivity contribution >= 4 is 11.9 Å². The number of aliphatic carboxylic acids is 1. The van der Waals surface area contributed by atoms with Crippen molar-refractivity contribution in [2.75, 3.05) is 13.2 Å². The minimum absolute atomic E-state index is 0.0122. The summed E-state index contributed by atoms with van der Waals surface area (Å²) in [6, 6.07) is 0.115. The Hall–Kier alpha value is -1.10. The number of ether oxygens (including phenoxy) is 1. The number of rotatable bonds is 4. The Balaban J connectivity index is 1.79. The standard InChI is InChI=1S/C13H21NO4/c1-8(11-4-5-18-7-11)14-12(15)9-2-3-10(6-9)13(16)17/h8-11H,2-7H2,1H3,(H,14,15)(H,16,17). The Morgan fingerprint density at radius 1 is 1.28 bits per heavy atom. The zero-order valence-electron chi connectivity index (χ0n) is 10.7. The van der Waals surface area contributed by atoms with Crippen LogP contribution in [0.15, 0.2) is 0 Å². The van der Waals surface area contributed by atoms with Gasteiger partial charge in [-0.15, -0.1) is 0 Å². The molecule has 1 saturated carbocycles. The van der Waals surface area contributed by atoms with Crippen LogP contribution in [0.4, 0.5) is 0 Å². The SMILES string of the molecule is CC(NC(=O)C1CCC(C(=O)O)C1)C1CCOC1. The van der Waals surface area contributed by atoms with Gasteiger partial charge in [-0.2, -0.15) is 0 Å². The van der Waals surface area contributed by atoms with Gasteiger partial charge in [0, 0.05) is 24.5 Å². The van der Waals surface area contributed by atoms with E-state index in [2.05, 4.69) is 5.32 Å². The highest BCUT2D eigenvalue weighted by atomic mass is 16.5. The Morgan fingerprint density at radius 3 is 2.56 bits per heavy atom. The van der Waals surface area contributed by atoms with Crippen molar-refractivity contribution in [3.05, 3.63) is 0 Å². The highest BCUT2D eigenvalue weighted by Crippen LogP contribution is 2.31. The molecule has 2 rings (SSSR count). The molecule has 0 aromatic carbocycles. The van der Waals surface area contributed by atoms with Crippen molar-refractivity contribution in [2.45, 2.75) is 38.6 Å². The minimum Gasteiger partial charge on any atom is -0.481 e. The van der Waals surface area contributed by atoms with Crippen molar-refractivity contribution in [2.24, 2.45) is 17.8 Å². The van der Waals surface area contributed by atoms with E-state index >= 15 is 0 Å². The van der Waals surface area contributed by atoms with Gasteiger partial charge >= 0.3 is 5.97 Å². The van der Waals surface area contributed by atoms with Gasteiger partial charge in [-0.1, -0.05) is 0 Å². The number of carboxylic acid groups (broad SMARTS) is 1. The lowest BCUT2D eigenvalue weighted by Gasteiger charge is -2.21. The third-order valence-corrected chi connectivity index (χ3v) is 4.19. The molecule has 5 nitrogen and oxygen atoms in total. The van der Waals surface area contributed by atoms with Crippen LogP contribution in [0, 0.1) is 17.8 Å². The number of carbonyl (C=O) groups excluding carboxylic acids is 1. The van der Waals surface area contributed by atoms with Gasteiger partial charge in [0.1, 0.15) is 0 Å². The summed E-state index contributed by atoms with van der Waals surface area (Å²) in [5, 5.41) is 11.9. The van der Waals surface area contributed by atoms with Gasteiger partial charge < -0.3 is 15.2 Å². The largest absolute Gasteiger partial charge is 0.481 e. The third kappa shape index (κ3) is 3.02. The molecule has 1 saturated heterocycles. The van der Waals surface area contributed by atoms with Gasteiger partial charge in [0.2, 0.25) is 5.91 Å². The predicted molar refractivity (Wildman–Crippen MR) is 65.0 cm³/mol. The number of amides is 1. The van der Waals surface area contributed by atoms with Crippen molar-refractivity contribution in [3.63, 3.8) is 0 Å². The molecule has 4 unspecified atom stereocenters. The predicted octanol–water partition coefficient (Wildman–Crippen LogP) is 1.03. The quantitative estimate of drug-likeness (QED) is 0.786. The fourth-order valence-corrected chi connectivity index (χ4v) is 2.85. The number of nitrogens with one attached hydrogen (secondary N) is 1. The lowest BCUT2D eigenvalue weighted by molar-refractivity contribution is -0.141. The molecule has 0 bridgehead atoms. The summed E-state index contributed by atoms with van der Waals surface area (Å²) in [4.78, 5) is 22.9. The van der Waals surface area contributed by atoms with Crippen molar-refractivity contribution < 1.29 is 19.4 Å². The molecule has 0 radical (unpaired) electrons. The summed E-state index contributed by atoms with van der Waals surface area (Å²) in [5.74, 6) is -0.840. The average molecular weight is 255 g/mol. The normalized spacial score (nSPS) is 33.3. The number of hydrogen-bond acceptors (Lipinski definition) is 3. The molecule has 0 spiro atoms. The second kappa shape index (κ2) is 5.69. The number of hydrogen-bond donors (Lipinski definition) is 2. The first-order valence-corrected chi connectivity index (χ1v) is 6.69. The molecule has 0 aromatic heterocycles. The summed E-state index contributed by atoms with van der Waals surface area (Å²) < 4.78 is 5.30. The molecule has 1 aliphatic heterocycles. The van der Waals surface area contributed by atoms with E-state index in [1.54, 1.807) is 0 Å². The van der Waals surface area contributed by atoms with Crippen molar-refractivity contribution in [1.29, 1.82) is 0 Å². The van der Waals surface area contributed by atoms with Crippen LogP contribution in [0.1, 0.15) is 32.6 Å². The molecule has 1 heterocycles. The fourth-order valence-electron chi connectivity index (χ4n) is 2.85. The van der Waals surface area contributed by atoms with E-state index < -0.39 is 5.97 Å². The van der Waals surface area contributed by atoms with E-state index in [1.807, 2.05) is 6.92 Å². The third-order valence-electron chi connectivity index (χ3n) is 4.19. The minimum atomic E-state index is -0.775. The maximum absolute atomic E-state index is 12.0. The molecule has 1 aliphatic carbocycles. The second-order valence-electron chi connectivity index (χ2n) is 5.47. The molecule has 18 heavy (non-hydrogen) atoms. The van der Waals surface area contributed by atoms with Crippen LogP contribution in [0.2, 0.25) is 0 Å². The summed E-state index contributed by atoms with van der Waals surface area (Å²) >= 11 is 0. The van der Waals surface area contributed by atoms with Gasteiger partial charge in [0.05, 0.1) is 12.5 Å². The van der Waals surface area contributed by atoms with Crippen molar-refractivity contribution in [1.82, 2.24) is 5.32 Å². The van der Waals surface area contributed by atoms with Gasteiger partial charge in [-0.05, 0) is 32.6 Å². The molecular weight excluding hydrogens is 234 g/mol. The average Bonchev–Trinajstić information content (AvgIpc) is 3.00. The molecular formula is C13H21NO4. The molecule has 0 aromatic rings. The zero-order chi connectivity index (χ0) is 13.1. The van der Waals surface area contributed by atoms with Crippen LogP contribution >= 0.6 is 0 Å². The Kier molecular flexibility index (Phi) is 4.22. The topological polar surface area (TPSA) is 75.6 Å². The number of carboxylic acids is 1. The molecule has 102 valence electrons. The second-order valence-corrected chi connectivity index (χ2v) is 5.47. The van der Waals surface area contributed by atoms with Gasteiger partial charge in [0.25, 0.3) is 0 Å². The van der Waals surface area contributed by atoms with Gasteiger partial charge in [-0.25, -0.2) is 0 Å². The van der Waals surface area contributed by atoms with E-state index in [9.17, 15) is 9.59 Å². The molecule has 2 aliphatic rings. The van der Waals surface area contributed by atoms with Crippen molar-refractivity contribution in [3.8, 4) is 0 Å². The Labute approximate surface area is 107 Å². The molecule has 4 atom stereocenters. The highest BCUT2D eigenvalue weighted by Gasteiger charge is 2.35. The Bertz CT molecular complexity index is 325. The summed E-state index contributed by atoms with van der Waals surface area (Å²) in [5.41, 5.74) is 0. The summed E-state index contributed by atoms with van der Waals surface area (Å²) in [6.45, 7) is 3.49. The van der Waals surface area contributed by atoms with Gasteiger partial charge in [0.15, 0.2) is 0 Å². The van der Waals surface area contributed by atoms with E-state index in [1.165, 1.54) is 0 Å². The lowest BCUT2D eigenvalue weighted by atomic mass is 9.98. The van der Waals surface area contributed by atoms with E-state index in [0.717, 1.165) is 13.0 Å². The van der Waals surface area contributed by atoms with E-state index in [-0.39, 0.29) is 23.8 Å². The van der Waals surface area contributed by atoms with Crippen LogP contribution in [0.25, 0.3) is 0 Å². The van der Waals surface area contributed by atoms with Crippen LogP contribution < -0.4 is 5.32 Å². The molecule has 5 heteroatoms. The summed E-state index contributed by atoms with van der Waals surface area (Å²) in [6.07, 6.45) is 2.78. The Morgan fingerprint density at radius 2 is 2.00 bits per heavy atom. The molecule has 2 fully saturated rings. The first-order valence-electron chi connectivity index (χ1n) is 6.69. The molecule has 2 N–H and O–H groups in total. The fraction of sp³-hybridized carbons (Fsp3) is 0.846. The first kappa shape index (κ1) is 13.3. The highest BCUT2D eigenvalue weighted by molar-refractivity contribution is 5.81.